The molecule has 0 saturated heterocycles. The molecule has 0 spiro atoms. The Balaban J connectivity index is 1.63. The van der Waals surface area contributed by atoms with Gasteiger partial charge in [0.1, 0.15) is 18.4 Å². The Hall–Kier alpha value is -2.80. The first-order valence-electron chi connectivity index (χ1n) is 13.0. The van der Waals surface area contributed by atoms with Crippen LogP contribution in [0.2, 0.25) is 0 Å². The minimum absolute atomic E-state index is 0.133. The Kier molecular flexibility index (Phi) is 10.8. The first-order valence-corrected chi connectivity index (χ1v) is 14.9. The van der Waals surface area contributed by atoms with Crippen molar-refractivity contribution in [2.24, 2.45) is 0 Å². The lowest BCUT2D eigenvalue weighted by molar-refractivity contribution is -0.145. The smallest absolute Gasteiger partial charge is 0.323 e. The highest BCUT2D eigenvalue weighted by molar-refractivity contribution is 7.59. The van der Waals surface area contributed by atoms with E-state index in [1.54, 1.807) is 24.7 Å². The molecule has 212 valence electrons. The zero-order valence-electron chi connectivity index (χ0n) is 22.4. The van der Waals surface area contributed by atoms with Crippen molar-refractivity contribution in [3.63, 3.8) is 0 Å². The highest BCUT2D eigenvalue weighted by Crippen LogP contribution is 2.37. The van der Waals surface area contributed by atoms with Crippen LogP contribution in [0.15, 0.2) is 6.33 Å². The third kappa shape index (κ3) is 8.62. The lowest BCUT2D eigenvalue weighted by atomic mass is 10.4. The predicted molar refractivity (Wildman–Crippen MR) is 143 cm³/mol. The maximum absolute atomic E-state index is 13.7. The Morgan fingerprint density at radius 2 is 1.68 bits per heavy atom. The molecule has 0 aliphatic heterocycles. The summed E-state index contributed by atoms with van der Waals surface area (Å²) in [4.78, 5) is 37.5. The minimum atomic E-state index is -3.59. The molecule has 1 fully saturated rings. The lowest BCUT2D eigenvalue weighted by Gasteiger charge is -2.26. The number of carbonyl (C=O) groups is 2. The predicted octanol–water partition coefficient (Wildman–Crippen LogP) is 2.01. The summed E-state index contributed by atoms with van der Waals surface area (Å²) < 4.78 is 31.5. The van der Waals surface area contributed by atoms with Crippen LogP contribution in [0.3, 0.4) is 0 Å². The largest absolute Gasteiger partial charge is 0.465 e. The van der Waals surface area contributed by atoms with Crippen molar-refractivity contribution < 1.29 is 28.4 Å². The second kappa shape index (κ2) is 13.8. The molecule has 5 N–H and O–H groups in total. The molecule has 15 heteroatoms. The Morgan fingerprint density at radius 1 is 1.08 bits per heavy atom. The Labute approximate surface area is 222 Å². The quantitative estimate of drug-likeness (QED) is 0.127. The number of aromatic nitrogens is 4. The van der Waals surface area contributed by atoms with Gasteiger partial charge in [0.15, 0.2) is 17.0 Å². The van der Waals surface area contributed by atoms with Gasteiger partial charge in [-0.15, -0.1) is 0 Å². The van der Waals surface area contributed by atoms with Gasteiger partial charge in [-0.1, -0.05) is 13.8 Å². The second-order valence-electron chi connectivity index (χ2n) is 9.27. The SMILES string of the molecule is CCCOC(=O)[C@H](C)NP(=O)(COCCn1cnc2c(NC3CC3)nc(N)nc21)N[C@@H](C)C(=O)OCCC. The molecule has 38 heavy (non-hydrogen) atoms. The van der Waals surface area contributed by atoms with Crippen molar-refractivity contribution >= 4 is 42.3 Å². The van der Waals surface area contributed by atoms with Gasteiger partial charge in [-0.05, 0) is 39.5 Å². The van der Waals surface area contributed by atoms with E-state index < -0.39 is 31.5 Å². The summed E-state index contributed by atoms with van der Waals surface area (Å²) in [5, 5.41) is 8.87. The standard InChI is InChI=1S/C23H39N8O6P/c1-5-10-36-21(32)15(3)29-38(34,30-16(4)22(33)37-11-6-2)14-35-12-9-31-13-25-18-19(26-17-7-8-17)27-23(24)28-20(18)31/h13,15-17H,5-12,14H2,1-4H3,(H2,29,30,34)(H3,24,26,27,28)/t15-,16-/m0/s1. The van der Waals surface area contributed by atoms with Crippen LogP contribution in [0.5, 0.6) is 0 Å². The molecule has 1 saturated carbocycles. The first-order chi connectivity index (χ1) is 18.2. The number of imidazole rings is 1. The van der Waals surface area contributed by atoms with Crippen molar-refractivity contribution in [3.8, 4) is 0 Å². The zero-order chi connectivity index (χ0) is 27.7. The average molecular weight is 555 g/mol. The Morgan fingerprint density at radius 3 is 2.24 bits per heavy atom. The zero-order valence-corrected chi connectivity index (χ0v) is 23.3. The van der Waals surface area contributed by atoms with E-state index >= 15 is 0 Å². The van der Waals surface area contributed by atoms with Gasteiger partial charge in [0.25, 0.3) is 0 Å². The molecule has 1 aliphatic rings. The van der Waals surface area contributed by atoms with Gasteiger partial charge < -0.3 is 29.8 Å². The third-order valence-electron chi connectivity index (χ3n) is 5.56. The fourth-order valence-electron chi connectivity index (χ4n) is 3.50. The van der Waals surface area contributed by atoms with Crippen LogP contribution in [0.1, 0.15) is 53.4 Å². The fraction of sp³-hybridized carbons (Fsp3) is 0.696. The molecule has 0 bridgehead atoms. The molecule has 0 radical (unpaired) electrons. The molecular formula is C23H39N8O6P. The minimum Gasteiger partial charge on any atom is -0.465 e. The van der Waals surface area contributed by atoms with Gasteiger partial charge in [0.2, 0.25) is 13.4 Å². The number of nitrogens with zero attached hydrogens (tertiary/aromatic N) is 4. The first kappa shape index (κ1) is 29.8. The lowest BCUT2D eigenvalue weighted by Crippen LogP contribution is -2.43. The number of ether oxygens (including phenoxy) is 3. The van der Waals surface area contributed by atoms with Crippen molar-refractivity contribution in [2.75, 3.05) is 37.2 Å². The van der Waals surface area contributed by atoms with Gasteiger partial charge in [-0.3, -0.25) is 14.2 Å². The van der Waals surface area contributed by atoms with Crippen LogP contribution in [-0.4, -0.2) is 75.8 Å². The van der Waals surface area contributed by atoms with Gasteiger partial charge >= 0.3 is 11.9 Å². The van der Waals surface area contributed by atoms with Crippen molar-refractivity contribution in [2.45, 2.75) is 78.0 Å². The van der Waals surface area contributed by atoms with E-state index in [-0.39, 0.29) is 32.1 Å². The van der Waals surface area contributed by atoms with Gasteiger partial charge in [-0.2, -0.15) is 9.97 Å². The maximum atomic E-state index is 13.7. The molecule has 2 heterocycles. The number of hydrogen-bond donors (Lipinski definition) is 4. The molecule has 3 rings (SSSR count). The molecule has 2 aromatic heterocycles. The summed E-state index contributed by atoms with van der Waals surface area (Å²) >= 11 is 0. The van der Waals surface area contributed by atoms with Crippen LogP contribution < -0.4 is 21.2 Å². The molecule has 0 amide bonds. The monoisotopic (exact) mass is 554 g/mol. The molecule has 14 nitrogen and oxygen atoms in total. The summed E-state index contributed by atoms with van der Waals surface area (Å²) in [6.07, 6.45) is 4.80. The number of nitrogen functional groups attached to an aromatic ring is 1. The molecule has 0 unspecified atom stereocenters. The summed E-state index contributed by atoms with van der Waals surface area (Å²) in [7, 11) is -3.59. The normalized spacial score (nSPS) is 15.3. The second-order valence-corrected chi connectivity index (χ2v) is 11.5. The summed E-state index contributed by atoms with van der Waals surface area (Å²) in [5.74, 6) is -0.365. The van der Waals surface area contributed by atoms with Gasteiger partial charge in [0, 0.05) is 12.6 Å². The van der Waals surface area contributed by atoms with E-state index in [9.17, 15) is 14.2 Å². The van der Waals surface area contributed by atoms with Crippen molar-refractivity contribution in [1.29, 1.82) is 0 Å². The number of fused-ring (bicyclic) bond motifs is 1. The molecule has 0 aromatic carbocycles. The maximum Gasteiger partial charge on any atom is 0.323 e. The number of nitrogens with one attached hydrogen (secondary N) is 3. The molecular weight excluding hydrogens is 515 g/mol. The van der Waals surface area contributed by atoms with Gasteiger partial charge in [0.05, 0.1) is 26.1 Å². The van der Waals surface area contributed by atoms with E-state index in [0.717, 1.165) is 12.8 Å². The molecule has 2 aromatic rings. The third-order valence-corrected chi connectivity index (χ3v) is 7.71. The number of nitrogens with two attached hydrogens (primary N) is 1. The number of anilines is 2. The number of hydrogen-bond acceptors (Lipinski definition) is 11. The van der Waals surface area contributed by atoms with E-state index in [0.29, 0.717) is 42.4 Å². The number of rotatable bonds is 17. The van der Waals surface area contributed by atoms with E-state index in [1.165, 1.54) is 0 Å². The fourth-order valence-corrected chi connectivity index (χ4v) is 5.57. The highest BCUT2D eigenvalue weighted by atomic mass is 31.2. The molecule has 1 aliphatic carbocycles. The number of carbonyl (C=O) groups excluding carboxylic acids is 2. The highest BCUT2D eigenvalue weighted by Gasteiger charge is 2.32. The van der Waals surface area contributed by atoms with Crippen LogP contribution in [0.25, 0.3) is 11.2 Å². The van der Waals surface area contributed by atoms with Gasteiger partial charge in [-0.25, -0.2) is 15.2 Å². The van der Waals surface area contributed by atoms with Crippen molar-refractivity contribution in [1.82, 2.24) is 29.7 Å². The summed E-state index contributed by atoms with van der Waals surface area (Å²) in [5.41, 5.74) is 7.07. The van der Waals surface area contributed by atoms with Crippen molar-refractivity contribution in [3.05, 3.63) is 6.33 Å². The van der Waals surface area contributed by atoms with E-state index in [1.807, 2.05) is 13.8 Å². The topological polar surface area (TPSA) is 185 Å². The average Bonchev–Trinajstić information content (AvgIpc) is 3.60. The number of esters is 2. The Bertz CT molecular complexity index is 1110. The van der Waals surface area contributed by atoms with Crippen LogP contribution >= 0.6 is 7.44 Å². The van der Waals surface area contributed by atoms with E-state index in [2.05, 4.69) is 30.4 Å². The van der Waals surface area contributed by atoms with Crippen LogP contribution in [0.4, 0.5) is 11.8 Å². The van der Waals surface area contributed by atoms with Crippen LogP contribution in [-0.2, 0) is 34.9 Å². The summed E-state index contributed by atoms with van der Waals surface area (Å²) in [6.45, 7) is 7.85. The van der Waals surface area contributed by atoms with E-state index in [4.69, 9.17) is 19.9 Å². The van der Waals surface area contributed by atoms with Crippen LogP contribution in [0, 0.1) is 0 Å². The molecule has 2 atom stereocenters. The summed E-state index contributed by atoms with van der Waals surface area (Å²) in [6, 6.07) is -1.41.